The van der Waals surface area contributed by atoms with Gasteiger partial charge in [-0.2, -0.15) is 0 Å². The molecule has 0 saturated carbocycles. The average molecular weight is 334 g/mol. The van der Waals surface area contributed by atoms with Gasteiger partial charge in [0.2, 0.25) is 0 Å². The summed E-state index contributed by atoms with van der Waals surface area (Å²) in [5.41, 5.74) is 1.40. The summed E-state index contributed by atoms with van der Waals surface area (Å²) in [4.78, 5) is 12.7. The predicted molar refractivity (Wildman–Crippen MR) is 101 cm³/mol. The van der Waals surface area contributed by atoms with Gasteiger partial charge in [0.1, 0.15) is 0 Å². The van der Waals surface area contributed by atoms with E-state index in [0.717, 1.165) is 11.0 Å². The largest absolute Gasteiger partial charge is 0.495 e. The van der Waals surface area contributed by atoms with Crippen LogP contribution in [0.15, 0.2) is 66.7 Å². The third kappa shape index (κ3) is 3.60. The minimum Gasteiger partial charge on any atom is -0.399 e. The van der Waals surface area contributed by atoms with Crippen molar-refractivity contribution in [3.8, 4) is 0 Å². The smallest absolute Gasteiger partial charge is 0.399 e. The first-order chi connectivity index (χ1) is 11.8. The van der Waals surface area contributed by atoms with Crippen LogP contribution in [0.5, 0.6) is 0 Å². The summed E-state index contributed by atoms with van der Waals surface area (Å²) < 4.78 is 12.3. The molecule has 128 valence electrons. The summed E-state index contributed by atoms with van der Waals surface area (Å²) in [6, 6.07) is 19.0. The van der Waals surface area contributed by atoms with Gasteiger partial charge in [0, 0.05) is 5.56 Å². The summed E-state index contributed by atoms with van der Waals surface area (Å²) in [7, 11) is -0.583. The van der Waals surface area contributed by atoms with Crippen LogP contribution in [0.3, 0.4) is 0 Å². The third-order valence-electron chi connectivity index (χ3n) is 4.96. The molecule has 0 atom stereocenters. The van der Waals surface area contributed by atoms with E-state index < -0.39 is 18.3 Å². The fraction of sp³-hybridized carbons (Fsp3) is 0.286. The van der Waals surface area contributed by atoms with E-state index in [9.17, 15) is 4.79 Å². The Labute approximate surface area is 149 Å². The Morgan fingerprint density at radius 3 is 1.72 bits per heavy atom. The lowest BCUT2D eigenvalue weighted by Crippen LogP contribution is -2.41. The molecule has 0 aliphatic carbocycles. The van der Waals surface area contributed by atoms with Crippen molar-refractivity contribution in [2.24, 2.45) is 0 Å². The Morgan fingerprint density at radius 1 is 0.800 bits per heavy atom. The lowest BCUT2D eigenvalue weighted by molar-refractivity contribution is 0.00578. The van der Waals surface area contributed by atoms with Crippen molar-refractivity contribution in [3.63, 3.8) is 0 Å². The second-order valence-corrected chi connectivity index (χ2v) is 7.28. The van der Waals surface area contributed by atoms with Gasteiger partial charge in [0.05, 0.1) is 11.2 Å². The van der Waals surface area contributed by atoms with Crippen molar-refractivity contribution < 1.29 is 14.1 Å². The molecule has 3 nitrogen and oxygen atoms in total. The maximum atomic E-state index is 12.7. The molecule has 2 aromatic rings. The van der Waals surface area contributed by atoms with Gasteiger partial charge in [-0.1, -0.05) is 60.7 Å². The predicted octanol–water partition coefficient (Wildman–Crippen LogP) is 4.58. The number of hydrogen-bond acceptors (Lipinski definition) is 3. The van der Waals surface area contributed by atoms with E-state index in [4.69, 9.17) is 9.31 Å². The zero-order chi connectivity index (χ0) is 18.1. The van der Waals surface area contributed by atoms with E-state index in [1.165, 1.54) is 0 Å². The molecule has 0 bridgehead atoms. The first-order valence-corrected chi connectivity index (χ1v) is 8.52. The SMILES string of the molecule is CC1(C)OB(/C(=C\C(=O)c2ccccc2)c2ccccc2)OC1(C)C. The standard InChI is InChI=1S/C21H23BO3/c1-20(2)21(3,4)25-22(24-20)18(16-11-7-5-8-12-16)15-19(23)17-13-9-6-10-14-17/h5-15H,1-4H3/b18-15-. The van der Waals surface area contributed by atoms with Crippen molar-refractivity contribution in [3.05, 3.63) is 77.9 Å². The van der Waals surface area contributed by atoms with Crippen LogP contribution < -0.4 is 0 Å². The van der Waals surface area contributed by atoms with E-state index in [1.807, 2.05) is 88.4 Å². The highest BCUT2D eigenvalue weighted by molar-refractivity contribution is 6.69. The number of hydrogen-bond donors (Lipinski definition) is 0. The van der Waals surface area contributed by atoms with E-state index >= 15 is 0 Å². The number of ketones is 1. The molecule has 3 rings (SSSR count). The molecule has 0 spiro atoms. The molecule has 0 aromatic heterocycles. The highest BCUT2D eigenvalue weighted by Crippen LogP contribution is 2.40. The highest BCUT2D eigenvalue weighted by Gasteiger charge is 2.52. The van der Waals surface area contributed by atoms with Crippen LogP contribution in [-0.4, -0.2) is 24.1 Å². The van der Waals surface area contributed by atoms with Crippen LogP contribution in [0.1, 0.15) is 43.6 Å². The zero-order valence-corrected chi connectivity index (χ0v) is 15.2. The highest BCUT2D eigenvalue weighted by atomic mass is 16.7. The Kier molecular flexibility index (Phi) is 4.68. The maximum Gasteiger partial charge on any atom is 0.495 e. The molecule has 2 aromatic carbocycles. The van der Waals surface area contributed by atoms with Crippen molar-refractivity contribution in [2.75, 3.05) is 0 Å². The maximum absolute atomic E-state index is 12.7. The Bertz CT molecular complexity index is 763. The van der Waals surface area contributed by atoms with Crippen LogP contribution in [0.25, 0.3) is 5.47 Å². The Balaban J connectivity index is 2.00. The van der Waals surface area contributed by atoms with E-state index in [2.05, 4.69) is 0 Å². The van der Waals surface area contributed by atoms with Gasteiger partial charge in [-0.25, -0.2) is 0 Å². The molecule has 1 aliphatic rings. The monoisotopic (exact) mass is 334 g/mol. The lowest BCUT2D eigenvalue weighted by Gasteiger charge is -2.32. The number of benzene rings is 2. The third-order valence-corrected chi connectivity index (χ3v) is 4.96. The zero-order valence-electron chi connectivity index (χ0n) is 15.2. The van der Waals surface area contributed by atoms with E-state index in [0.29, 0.717) is 5.56 Å². The van der Waals surface area contributed by atoms with Gasteiger partial charge >= 0.3 is 7.12 Å². The fourth-order valence-corrected chi connectivity index (χ4v) is 2.72. The van der Waals surface area contributed by atoms with Gasteiger partial charge in [-0.15, -0.1) is 0 Å². The van der Waals surface area contributed by atoms with E-state index in [1.54, 1.807) is 6.08 Å². The van der Waals surface area contributed by atoms with Gasteiger partial charge in [0.25, 0.3) is 0 Å². The summed E-state index contributed by atoms with van der Waals surface area (Å²) >= 11 is 0. The second kappa shape index (κ2) is 6.62. The van der Waals surface area contributed by atoms with Gasteiger partial charge in [-0.3, -0.25) is 4.79 Å². The first kappa shape index (κ1) is 17.7. The first-order valence-electron chi connectivity index (χ1n) is 8.52. The number of rotatable bonds is 4. The molecule has 0 amide bonds. The van der Waals surface area contributed by atoms with Crippen LogP contribution >= 0.6 is 0 Å². The van der Waals surface area contributed by atoms with Crippen molar-refractivity contribution in [1.29, 1.82) is 0 Å². The minimum absolute atomic E-state index is 0.0610. The van der Waals surface area contributed by atoms with Crippen molar-refractivity contribution in [1.82, 2.24) is 0 Å². The topological polar surface area (TPSA) is 35.5 Å². The normalized spacial score (nSPS) is 19.0. The number of carbonyl (C=O) groups is 1. The van der Waals surface area contributed by atoms with Crippen LogP contribution in [0.4, 0.5) is 0 Å². The molecule has 1 saturated heterocycles. The molecule has 0 radical (unpaired) electrons. The number of carbonyl (C=O) groups excluding carboxylic acids is 1. The molecule has 1 heterocycles. The molecule has 0 unspecified atom stereocenters. The molecule has 4 heteroatoms. The Morgan fingerprint density at radius 2 is 1.24 bits per heavy atom. The quantitative estimate of drug-likeness (QED) is 0.466. The minimum atomic E-state index is -0.583. The molecule has 1 aliphatic heterocycles. The van der Waals surface area contributed by atoms with Crippen molar-refractivity contribution in [2.45, 2.75) is 38.9 Å². The summed E-state index contributed by atoms with van der Waals surface area (Å²) in [6.07, 6.45) is 1.63. The lowest BCUT2D eigenvalue weighted by atomic mass is 9.73. The average Bonchev–Trinajstić information content (AvgIpc) is 2.81. The van der Waals surface area contributed by atoms with Crippen LogP contribution in [0, 0.1) is 0 Å². The van der Waals surface area contributed by atoms with Gasteiger partial charge in [-0.05, 0) is 44.8 Å². The van der Waals surface area contributed by atoms with Crippen molar-refractivity contribution >= 4 is 18.4 Å². The summed E-state index contributed by atoms with van der Waals surface area (Å²) in [5.74, 6) is -0.0610. The number of allylic oxidation sites excluding steroid dienone is 1. The second-order valence-electron chi connectivity index (χ2n) is 7.28. The van der Waals surface area contributed by atoms with E-state index in [-0.39, 0.29) is 5.78 Å². The van der Waals surface area contributed by atoms with Gasteiger partial charge < -0.3 is 9.31 Å². The molecular weight excluding hydrogens is 311 g/mol. The molecule has 25 heavy (non-hydrogen) atoms. The van der Waals surface area contributed by atoms with Gasteiger partial charge in [0.15, 0.2) is 5.78 Å². The van der Waals surface area contributed by atoms with Crippen LogP contribution in [-0.2, 0) is 9.31 Å². The Hall–Kier alpha value is -2.17. The van der Waals surface area contributed by atoms with Crippen LogP contribution in [0.2, 0.25) is 0 Å². The molecule has 0 N–H and O–H groups in total. The fourth-order valence-electron chi connectivity index (χ4n) is 2.72. The summed E-state index contributed by atoms with van der Waals surface area (Å²) in [6.45, 7) is 8.03. The molecule has 1 fully saturated rings. The summed E-state index contributed by atoms with van der Waals surface area (Å²) in [5, 5.41) is 0. The molecular formula is C21H23BO3.